The maximum absolute atomic E-state index is 12.3. The van der Waals surface area contributed by atoms with Gasteiger partial charge in [-0.05, 0) is 20.3 Å². The lowest BCUT2D eigenvalue weighted by Gasteiger charge is -2.25. The molecule has 0 rings (SSSR count). The predicted molar refractivity (Wildman–Crippen MR) is 138 cm³/mol. The second kappa shape index (κ2) is 23.5. The highest BCUT2D eigenvalue weighted by molar-refractivity contribution is 5.76. The Hall–Kier alpha value is -0.610. The van der Waals surface area contributed by atoms with E-state index in [4.69, 9.17) is 0 Å². The third-order valence-corrected chi connectivity index (χ3v) is 6.32. The molecule has 0 radical (unpaired) electrons. The van der Waals surface area contributed by atoms with Gasteiger partial charge in [0.15, 0.2) is 0 Å². The van der Waals surface area contributed by atoms with E-state index in [1.54, 1.807) is 18.7 Å². The van der Waals surface area contributed by atoms with Crippen molar-refractivity contribution in [1.82, 2.24) is 4.90 Å². The van der Waals surface area contributed by atoms with E-state index >= 15 is 0 Å². The summed E-state index contributed by atoms with van der Waals surface area (Å²) in [6, 6.07) is 0. The SMILES string of the molecule is CCCCCCCCCCCCCCCCCCCCCC(=O)N(CC(C)O)CC(C)O. The molecule has 2 atom stereocenters. The first kappa shape index (κ1) is 31.4. The van der Waals surface area contributed by atoms with Crippen molar-refractivity contribution in [2.45, 2.75) is 161 Å². The number of aliphatic hydroxyl groups excluding tert-OH is 2. The van der Waals surface area contributed by atoms with Gasteiger partial charge in [0.2, 0.25) is 5.91 Å². The summed E-state index contributed by atoms with van der Waals surface area (Å²) < 4.78 is 0. The number of unbranched alkanes of at least 4 members (excludes halogenated alkanes) is 18. The Morgan fingerprint density at radius 3 is 1.12 bits per heavy atom. The van der Waals surface area contributed by atoms with Gasteiger partial charge in [-0.15, -0.1) is 0 Å². The number of hydrogen-bond donors (Lipinski definition) is 2. The molecule has 192 valence electrons. The Morgan fingerprint density at radius 1 is 0.562 bits per heavy atom. The Bertz CT molecular complexity index is 388. The molecule has 0 fully saturated rings. The Kier molecular flexibility index (Phi) is 23.1. The number of hydrogen-bond acceptors (Lipinski definition) is 3. The normalized spacial score (nSPS) is 13.3. The zero-order chi connectivity index (χ0) is 23.9. The zero-order valence-corrected chi connectivity index (χ0v) is 22.0. The van der Waals surface area contributed by atoms with Crippen LogP contribution in [-0.2, 0) is 4.79 Å². The van der Waals surface area contributed by atoms with Crippen LogP contribution in [0.15, 0.2) is 0 Å². The molecular formula is C28H57NO3. The average molecular weight is 456 g/mol. The lowest BCUT2D eigenvalue weighted by molar-refractivity contribution is -0.134. The minimum Gasteiger partial charge on any atom is -0.392 e. The number of carbonyl (C=O) groups excluding carboxylic acids is 1. The van der Waals surface area contributed by atoms with E-state index in [0.717, 1.165) is 12.8 Å². The van der Waals surface area contributed by atoms with Gasteiger partial charge >= 0.3 is 0 Å². The maximum atomic E-state index is 12.3. The molecular weight excluding hydrogens is 398 g/mol. The predicted octanol–water partition coefficient (Wildman–Crippen LogP) is 7.40. The minimum atomic E-state index is -0.553. The number of aliphatic hydroxyl groups is 2. The summed E-state index contributed by atoms with van der Waals surface area (Å²) in [5.41, 5.74) is 0. The van der Waals surface area contributed by atoms with E-state index in [1.165, 1.54) is 109 Å². The van der Waals surface area contributed by atoms with E-state index in [2.05, 4.69) is 6.92 Å². The number of carbonyl (C=O) groups is 1. The summed E-state index contributed by atoms with van der Waals surface area (Å²) in [5, 5.41) is 19.1. The molecule has 0 aliphatic rings. The van der Waals surface area contributed by atoms with Crippen molar-refractivity contribution in [2.75, 3.05) is 13.1 Å². The van der Waals surface area contributed by atoms with Gasteiger partial charge in [-0.25, -0.2) is 0 Å². The van der Waals surface area contributed by atoms with E-state index < -0.39 is 12.2 Å². The molecule has 2 N–H and O–H groups in total. The highest BCUT2D eigenvalue weighted by Gasteiger charge is 2.16. The fourth-order valence-electron chi connectivity index (χ4n) is 4.43. The summed E-state index contributed by atoms with van der Waals surface area (Å²) in [5.74, 6) is 0.0544. The molecule has 0 saturated heterocycles. The lowest BCUT2D eigenvalue weighted by Crippen LogP contribution is -2.40. The molecule has 0 heterocycles. The molecule has 2 unspecified atom stereocenters. The van der Waals surface area contributed by atoms with Crippen LogP contribution in [0.2, 0.25) is 0 Å². The third-order valence-electron chi connectivity index (χ3n) is 6.32. The van der Waals surface area contributed by atoms with Gasteiger partial charge in [0.1, 0.15) is 0 Å². The fourth-order valence-corrected chi connectivity index (χ4v) is 4.43. The van der Waals surface area contributed by atoms with Crippen molar-refractivity contribution in [3.63, 3.8) is 0 Å². The van der Waals surface area contributed by atoms with Crippen LogP contribution in [0.25, 0.3) is 0 Å². The summed E-state index contributed by atoms with van der Waals surface area (Å²) in [6.45, 7) is 6.26. The van der Waals surface area contributed by atoms with E-state index in [-0.39, 0.29) is 5.91 Å². The standard InChI is InChI=1S/C28H57NO3/c1-4-5-6-7-8-9-10-11-12-13-14-15-16-17-18-19-20-21-22-23-28(32)29(24-26(2)30)25-27(3)31/h26-27,30-31H,4-25H2,1-3H3. The van der Waals surface area contributed by atoms with Gasteiger partial charge in [0.25, 0.3) is 0 Å². The molecule has 0 spiro atoms. The van der Waals surface area contributed by atoms with Gasteiger partial charge in [-0.2, -0.15) is 0 Å². The van der Waals surface area contributed by atoms with Crippen molar-refractivity contribution in [3.05, 3.63) is 0 Å². The van der Waals surface area contributed by atoms with Crippen LogP contribution in [0.4, 0.5) is 0 Å². The Balaban J connectivity index is 3.37. The van der Waals surface area contributed by atoms with Crippen molar-refractivity contribution in [2.24, 2.45) is 0 Å². The van der Waals surface area contributed by atoms with Crippen molar-refractivity contribution in [3.8, 4) is 0 Å². The summed E-state index contributed by atoms with van der Waals surface area (Å²) in [4.78, 5) is 13.9. The smallest absolute Gasteiger partial charge is 0.222 e. The maximum Gasteiger partial charge on any atom is 0.222 e. The second-order valence-corrected chi connectivity index (χ2v) is 10.1. The monoisotopic (exact) mass is 455 g/mol. The highest BCUT2D eigenvalue weighted by atomic mass is 16.3. The molecule has 32 heavy (non-hydrogen) atoms. The average Bonchev–Trinajstić information content (AvgIpc) is 2.74. The van der Waals surface area contributed by atoms with Gasteiger partial charge < -0.3 is 15.1 Å². The molecule has 0 bridgehead atoms. The number of rotatable bonds is 24. The zero-order valence-electron chi connectivity index (χ0n) is 22.0. The third kappa shape index (κ3) is 22.6. The molecule has 0 aromatic carbocycles. The second-order valence-electron chi connectivity index (χ2n) is 10.1. The fraction of sp³-hybridized carbons (Fsp3) is 0.964. The van der Waals surface area contributed by atoms with Crippen molar-refractivity contribution < 1.29 is 15.0 Å². The Morgan fingerprint density at radius 2 is 0.844 bits per heavy atom. The van der Waals surface area contributed by atoms with Gasteiger partial charge in [-0.3, -0.25) is 4.79 Å². The van der Waals surface area contributed by atoms with E-state index in [1.807, 2.05) is 0 Å². The van der Waals surface area contributed by atoms with Crippen LogP contribution in [0.3, 0.4) is 0 Å². The van der Waals surface area contributed by atoms with Crippen LogP contribution in [0, 0.1) is 0 Å². The minimum absolute atomic E-state index is 0.0544. The van der Waals surface area contributed by atoms with Crippen molar-refractivity contribution >= 4 is 5.91 Å². The first-order chi connectivity index (χ1) is 15.5. The number of amides is 1. The Labute approximate surface area is 200 Å². The summed E-state index contributed by atoms with van der Waals surface area (Å²) >= 11 is 0. The van der Waals surface area contributed by atoms with Crippen LogP contribution < -0.4 is 0 Å². The first-order valence-electron chi connectivity index (χ1n) is 14.1. The molecule has 4 heteroatoms. The lowest BCUT2D eigenvalue weighted by atomic mass is 10.0. The molecule has 0 aliphatic carbocycles. The molecule has 4 nitrogen and oxygen atoms in total. The largest absolute Gasteiger partial charge is 0.392 e. The highest BCUT2D eigenvalue weighted by Crippen LogP contribution is 2.15. The molecule has 1 amide bonds. The van der Waals surface area contributed by atoms with E-state index in [9.17, 15) is 15.0 Å². The van der Waals surface area contributed by atoms with Gasteiger partial charge in [-0.1, -0.05) is 122 Å². The van der Waals surface area contributed by atoms with E-state index in [0.29, 0.717) is 19.5 Å². The molecule has 0 saturated carbocycles. The van der Waals surface area contributed by atoms with Crippen LogP contribution >= 0.6 is 0 Å². The van der Waals surface area contributed by atoms with Gasteiger partial charge in [0.05, 0.1) is 12.2 Å². The quantitative estimate of drug-likeness (QED) is 0.149. The summed E-state index contributed by atoms with van der Waals surface area (Å²) in [7, 11) is 0. The topological polar surface area (TPSA) is 60.8 Å². The van der Waals surface area contributed by atoms with Crippen LogP contribution in [-0.4, -0.2) is 46.3 Å². The molecule has 0 aromatic heterocycles. The van der Waals surface area contributed by atoms with Crippen molar-refractivity contribution in [1.29, 1.82) is 0 Å². The van der Waals surface area contributed by atoms with Gasteiger partial charge in [0, 0.05) is 19.5 Å². The first-order valence-corrected chi connectivity index (χ1v) is 14.1. The van der Waals surface area contributed by atoms with Crippen LogP contribution in [0.1, 0.15) is 149 Å². The summed E-state index contributed by atoms with van der Waals surface area (Å²) in [6.07, 6.45) is 25.0. The van der Waals surface area contributed by atoms with Crippen LogP contribution in [0.5, 0.6) is 0 Å². The number of nitrogens with zero attached hydrogens (tertiary/aromatic N) is 1. The molecule has 0 aromatic rings. The molecule has 0 aliphatic heterocycles.